The molecule has 0 amide bonds. The first-order valence-corrected chi connectivity index (χ1v) is 4.99. The van der Waals surface area contributed by atoms with Crippen molar-refractivity contribution in [2.45, 2.75) is 19.6 Å². The van der Waals surface area contributed by atoms with Crippen molar-refractivity contribution in [1.29, 1.82) is 0 Å². The fourth-order valence-corrected chi connectivity index (χ4v) is 1.60. The Hall–Kier alpha value is -1.19. The number of hydrogen-bond acceptors (Lipinski definition) is 3. The van der Waals surface area contributed by atoms with E-state index in [9.17, 15) is 9.90 Å². The standard InChI is InChI=1S/C12H17NO2/c1-9(10(2)14)12(15,13-3)11-7-5-4-6-8-11/h4-9,13,15H,1-3H3. The fraction of sp³-hybridized carbons (Fsp3) is 0.417. The summed E-state index contributed by atoms with van der Waals surface area (Å²) in [7, 11) is 1.65. The Morgan fingerprint density at radius 1 is 1.40 bits per heavy atom. The molecule has 82 valence electrons. The third-order valence-corrected chi connectivity index (χ3v) is 2.83. The van der Waals surface area contributed by atoms with Crippen molar-refractivity contribution in [1.82, 2.24) is 5.32 Å². The fourth-order valence-electron chi connectivity index (χ4n) is 1.60. The zero-order valence-electron chi connectivity index (χ0n) is 9.32. The van der Waals surface area contributed by atoms with Crippen LogP contribution in [-0.2, 0) is 10.5 Å². The highest BCUT2D eigenvalue weighted by Crippen LogP contribution is 2.26. The second kappa shape index (κ2) is 4.55. The monoisotopic (exact) mass is 207 g/mol. The Kier molecular flexibility index (Phi) is 3.61. The largest absolute Gasteiger partial charge is 0.371 e. The lowest BCUT2D eigenvalue weighted by molar-refractivity contribution is -0.132. The van der Waals surface area contributed by atoms with Crippen molar-refractivity contribution in [2.75, 3.05) is 7.05 Å². The molecule has 3 nitrogen and oxygen atoms in total. The minimum Gasteiger partial charge on any atom is -0.371 e. The molecule has 1 rings (SSSR count). The number of Topliss-reactive ketones (excluding diaryl/α,β-unsaturated/α-hetero) is 1. The van der Waals surface area contributed by atoms with E-state index in [1.165, 1.54) is 6.92 Å². The molecule has 0 heterocycles. The van der Waals surface area contributed by atoms with E-state index < -0.39 is 11.6 Å². The predicted octanol–water partition coefficient (Wildman–Crippen LogP) is 1.28. The third kappa shape index (κ3) is 2.25. The first-order valence-electron chi connectivity index (χ1n) is 4.99. The molecule has 0 saturated carbocycles. The summed E-state index contributed by atoms with van der Waals surface area (Å²) < 4.78 is 0. The summed E-state index contributed by atoms with van der Waals surface area (Å²) in [5.74, 6) is -0.527. The minimum absolute atomic E-state index is 0.0456. The van der Waals surface area contributed by atoms with Crippen LogP contribution in [0.25, 0.3) is 0 Å². The van der Waals surface area contributed by atoms with Gasteiger partial charge in [0.25, 0.3) is 0 Å². The lowest BCUT2D eigenvalue weighted by Gasteiger charge is -2.32. The Morgan fingerprint density at radius 2 is 1.93 bits per heavy atom. The summed E-state index contributed by atoms with van der Waals surface area (Å²) in [4.78, 5) is 11.3. The first kappa shape index (κ1) is 11.9. The number of rotatable bonds is 4. The normalized spacial score (nSPS) is 16.8. The van der Waals surface area contributed by atoms with E-state index in [1.54, 1.807) is 26.1 Å². The van der Waals surface area contributed by atoms with Crippen molar-refractivity contribution in [3.63, 3.8) is 0 Å². The van der Waals surface area contributed by atoms with E-state index in [-0.39, 0.29) is 5.78 Å². The van der Waals surface area contributed by atoms with Gasteiger partial charge < -0.3 is 5.11 Å². The van der Waals surface area contributed by atoms with Gasteiger partial charge in [-0.15, -0.1) is 0 Å². The highest BCUT2D eigenvalue weighted by molar-refractivity contribution is 5.79. The van der Waals surface area contributed by atoms with E-state index in [2.05, 4.69) is 5.32 Å². The molecule has 0 aliphatic rings. The SMILES string of the molecule is CNC(O)(c1ccccc1)C(C)C(C)=O. The molecule has 0 bridgehead atoms. The number of aliphatic hydroxyl groups is 1. The Labute approximate surface area is 90.1 Å². The molecule has 0 fully saturated rings. The molecule has 0 saturated heterocycles. The van der Waals surface area contributed by atoms with Gasteiger partial charge in [-0.05, 0) is 19.5 Å². The van der Waals surface area contributed by atoms with Gasteiger partial charge in [-0.25, -0.2) is 0 Å². The van der Waals surface area contributed by atoms with Gasteiger partial charge in [-0.1, -0.05) is 37.3 Å². The molecule has 2 N–H and O–H groups in total. The molecule has 2 atom stereocenters. The molecule has 1 aromatic rings. The van der Waals surface area contributed by atoms with Crippen molar-refractivity contribution in [3.8, 4) is 0 Å². The summed E-state index contributed by atoms with van der Waals surface area (Å²) in [6.45, 7) is 3.20. The first-order chi connectivity index (χ1) is 7.02. The quantitative estimate of drug-likeness (QED) is 0.731. The van der Waals surface area contributed by atoms with Crippen LogP contribution in [0.2, 0.25) is 0 Å². The molecule has 2 unspecified atom stereocenters. The zero-order chi connectivity index (χ0) is 11.5. The average Bonchev–Trinajstić information content (AvgIpc) is 2.28. The van der Waals surface area contributed by atoms with E-state index in [4.69, 9.17) is 0 Å². The van der Waals surface area contributed by atoms with Crippen LogP contribution in [0.15, 0.2) is 30.3 Å². The van der Waals surface area contributed by atoms with Crippen LogP contribution in [0.5, 0.6) is 0 Å². The molecule has 15 heavy (non-hydrogen) atoms. The van der Waals surface area contributed by atoms with Crippen LogP contribution in [0.4, 0.5) is 0 Å². The highest BCUT2D eigenvalue weighted by atomic mass is 16.3. The van der Waals surface area contributed by atoms with E-state index in [0.717, 1.165) is 0 Å². The van der Waals surface area contributed by atoms with Crippen molar-refractivity contribution < 1.29 is 9.90 Å². The summed E-state index contributed by atoms with van der Waals surface area (Å²) >= 11 is 0. The summed E-state index contributed by atoms with van der Waals surface area (Å²) in [5.41, 5.74) is -0.581. The summed E-state index contributed by atoms with van der Waals surface area (Å²) in [6, 6.07) is 9.15. The third-order valence-electron chi connectivity index (χ3n) is 2.83. The van der Waals surface area contributed by atoms with E-state index >= 15 is 0 Å². The lowest BCUT2D eigenvalue weighted by atomic mass is 9.87. The van der Waals surface area contributed by atoms with Crippen LogP contribution in [0.1, 0.15) is 19.4 Å². The van der Waals surface area contributed by atoms with Gasteiger partial charge in [0, 0.05) is 0 Å². The smallest absolute Gasteiger partial charge is 0.151 e. The maximum atomic E-state index is 11.3. The Bertz CT molecular complexity index is 337. The number of carbonyl (C=O) groups is 1. The Balaban J connectivity index is 3.11. The number of hydrogen-bond donors (Lipinski definition) is 2. The summed E-state index contributed by atoms with van der Waals surface area (Å²) in [5, 5.41) is 13.2. The number of carbonyl (C=O) groups excluding carboxylic acids is 1. The maximum Gasteiger partial charge on any atom is 0.151 e. The van der Waals surface area contributed by atoms with Gasteiger partial charge in [-0.3, -0.25) is 10.1 Å². The maximum absolute atomic E-state index is 11.3. The summed E-state index contributed by atoms with van der Waals surface area (Å²) in [6.07, 6.45) is 0. The molecule has 1 aromatic carbocycles. The Morgan fingerprint density at radius 3 is 2.33 bits per heavy atom. The molecule has 0 spiro atoms. The second-order valence-corrected chi connectivity index (χ2v) is 3.71. The van der Waals surface area contributed by atoms with Gasteiger partial charge in [0.15, 0.2) is 5.72 Å². The molecular formula is C12H17NO2. The predicted molar refractivity (Wildman–Crippen MR) is 59.2 cm³/mol. The van der Waals surface area contributed by atoms with Crippen LogP contribution in [0, 0.1) is 5.92 Å². The van der Waals surface area contributed by atoms with Crippen LogP contribution in [0.3, 0.4) is 0 Å². The van der Waals surface area contributed by atoms with Gasteiger partial charge in [0.2, 0.25) is 0 Å². The molecule has 0 aromatic heterocycles. The molecule has 3 heteroatoms. The van der Waals surface area contributed by atoms with Crippen LogP contribution in [-0.4, -0.2) is 17.9 Å². The second-order valence-electron chi connectivity index (χ2n) is 3.71. The highest BCUT2D eigenvalue weighted by Gasteiger charge is 2.36. The molecular weight excluding hydrogens is 190 g/mol. The molecule has 0 aliphatic heterocycles. The average molecular weight is 207 g/mol. The van der Waals surface area contributed by atoms with E-state index in [0.29, 0.717) is 5.56 Å². The molecule has 0 radical (unpaired) electrons. The molecule has 0 aliphatic carbocycles. The van der Waals surface area contributed by atoms with Crippen molar-refractivity contribution in [2.24, 2.45) is 5.92 Å². The van der Waals surface area contributed by atoms with Crippen LogP contribution >= 0.6 is 0 Å². The number of ketones is 1. The van der Waals surface area contributed by atoms with Crippen LogP contribution < -0.4 is 5.32 Å². The van der Waals surface area contributed by atoms with Crippen molar-refractivity contribution in [3.05, 3.63) is 35.9 Å². The van der Waals surface area contributed by atoms with Gasteiger partial charge in [0.1, 0.15) is 5.78 Å². The van der Waals surface area contributed by atoms with Gasteiger partial charge in [0.05, 0.1) is 5.92 Å². The topological polar surface area (TPSA) is 49.3 Å². The lowest BCUT2D eigenvalue weighted by Crippen LogP contribution is -2.48. The van der Waals surface area contributed by atoms with E-state index in [1.807, 2.05) is 18.2 Å². The number of nitrogens with one attached hydrogen (secondary N) is 1. The number of benzene rings is 1. The van der Waals surface area contributed by atoms with Gasteiger partial charge in [-0.2, -0.15) is 0 Å². The van der Waals surface area contributed by atoms with Gasteiger partial charge >= 0.3 is 0 Å². The minimum atomic E-state index is -1.28. The zero-order valence-corrected chi connectivity index (χ0v) is 9.32. The van der Waals surface area contributed by atoms with Crippen molar-refractivity contribution >= 4 is 5.78 Å².